The van der Waals surface area contributed by atoms with Gasteiger partial charge in [0.15, 0.2) is 0 Å². The second kappa shape index (κ2) is 8.06. The van der Waals surface area contributed by atoms with E-state index in [1.54, 1.807) is 12.1 Å². The molecule has 1 saturated heterocycles. The van der Waals surface area contributed by atoms with Crippen molar-refractivity contribution in [1.82, 2.24) is 9.62 Å². The zero-order valence-electron chi connectivity index (χ0n) is 14.3. The van der Waals surface area contributed by atoms with Crippen molar-refractivity contribution >= 4 is 27.5 Å². The Hall–Kier alpha value is -1.11. The number of carbonyl (C=O) groups excluding carboxylic acids is 1. The van der Waals surface area contributed by atoms with Gasteiger partial charge in [0.25, 0.3) is 0 Å². The van der Waals surface area contributed by atoms with Crippen molar-refractivity contribution in [3.05, 3.63) is 29.3 Å². The van der Waals surface area contributed by atoms with Crippen LogP contribution in [0.3, 0.4) is 0 Å². The molecule has 0 spiro atoms. The van der Waals surface area contributed by atoms with E-state index in [0.29, 0.717) is 37.0 Å². The van der Waals surface area contributed by atoms with E-state index in [4.69, 9.17) is 11.6 Å². The van der Waals surface area contributed by atoms with Gasteiger partial charge >= 0.3 is 0 Å². The summed E-state index contributed by atoms with van der Waals surface area (Å²) in [7, 11) is -3.51. The van der Waals surface area contributed by atoms with Gasteiger partial charge in [-0.25, -0.2) is 8.42 Å². The van der Waals surface area contributed by atoms with E-state index in [2.05, 4.69) is 5.32 Å². The Morgan fingerprint density at radius 3 is 2.20 bits per heavy atom. The third kappa shape index (κ3) is 4.54. The molecule has 0 atom stereocenters. The third-order valence-electron chi connectivity index (χ3n) is 5.23. The lowest BCUT2D eigenvalue weighted by atomic mass is 9.93. The van der Waals surface area contributed by atoms with Crippen molar-refractivity contribution in [3.8, 4) is 0 Å². The van der Waals surface area contributed by atoms with Gasteiger partial charge < -0.3 is 5.32 Å². The Balaban J connectivity index is 1.55. The summed E-state index contributed by atoms with van der Waals surface area (Å²) >= 11 is 5.83. The summed E-state index contributed by atoms with van der Waals surface area (Å²) < 4.78 is 26.8. The summed E-state index contributed by atoms with van der Waals surface area (Å²) in [5, 5.41) is 3.67. The number of nitrogens with one attached hydrogen (secondary N) is 1. The molecule has 1 aliphatic heterocycles. The Kier molecular flexibility index (Phi) is 6.02. The average molecular weight is 385 g/mol. The largest absolute Gasteiger partial charge is 0.353 e. The molecule has 0 aromatic heterocycles. The molecule has 1 aromatic carbocycles. The minimum Gasteiger partial charge on any atom is -0.353 e. The molecule has 1 aromatic rings. The lowest BCUT2D eigenvalue weighted by Gasteiger charge is -2.32. The van der Waals surface area contributed by atoms with Crippen LogP contribution in [0.5, 0.6) is 0 Å². The van der Waals surface area contributed by atoms with E-state index < -0.39 is 10.0 Å². The molecule has 0 bridgehead atoms. The van der Waals surface area contributed by atoms with Crippen molar-refractivity contribution < 1.29 is 13.2 Å². The summed E-state index contributed by atoms with van der Waals surface area (Å²) in [6.07, 6.45) is 6.90. The molecule has 1 heterocycles. The highest BCUT2D eigenvalue weighted by Gasteiger charge is 2.32. The van der Waals surface area contributed by atoms with Crippen LogP contribution < -0.4 is 5.32 Å². The normalized spacial score (nSPS) is 21.2. The van der Waals surface area contributed by atoms with Gasteiger partial charge in [0.1, 0.15) is 0 Å². The van der Waals surface area contributed by atoms with Crippen LogP contribution in [0.15, 0.2) is 29.2 Å². The molecule has 2 aliphatic rings. The molecule has 5 nitrogen and oxygen atoms in total. The van der Waals surface area contributed by atoms with E-state index in [0.717, 1.165) is 12.8 Å². The maximum Gasteiger partial charge on any atom is 0.243 e. The lowest BCUT2D eigenvalue weighted by molar-refractivity contribution is -0.127. The van der Waals surface area contributed by atoms with Crippen molar-refractivity contribution in [3.63, 3.8) is 0 Å². The summed E-state index contributed by atoms with van der Waals surface area (Å²) in [6, 6.07) is 6.52. The predicted octanol–water partition coefficient (Wildman–Crippen LogP) is 3.19. The van der Waals surface area contributed by atoms with Gasteiger partial charge in [-0.05, 0) is 49.9 Å². The van der Waals surface area contributed by atoms with Gasteiger partial charge in [0.2, 0.25) is 15.9 Å². The van der Waals surface area contributed by atoms with Crippen LogP contribution in [0.1, 0.15) is 44.9 Å². The number of piperidine rings is 1. The number of benzene rings is 1. The van der Waals surface area contributed by atoms with Crippen LogP contribution in [-0.2, 0) is 14.8 Å². The number of sulfonamides is 1. The van der Waals surface area contributed by atoms with E-state index in [1.807, 2.05) is 0 Å². The minimum atomic E-state index is -3.51. The third-order valence-corrected chi connectivity index (χ3v) is 7.39. The van der Waals surface area contributed by atoms with Crippen LogP contribution in [-0.4, -0.2) is 37.8 Å². The van der Waals surface area contributed by atoms with Gasteiger partial charge in [-0.15, -0.1) is 0 Å². The topological polar surface area (TPSA) is 66.5 Å². The molecule has 0 radical (unpaired) electrons. The number of carbonyl (C=O) groups is 1. The Morgan fingerprint density at radius 1 is 1.00 bits per heavy atom. The van der Waals surface area contributed by atoms with Gasteiger partial charge in [0, 0.05) is 30.1 Å². The Labute approximate surface area is 154 Å². The maximum atomic E-state index is 12.7. The fourth-order valence-corrected chi connectivity index (χ4v) is 5.28. The van der Waals surface area contributed by atoms with Gasteiger partial charge in [-0.2, -0.15) is 4.31 Å². The Bertz CT molecular complexity index is 692. The number of rotatable bonds is 4. The number of hydrogen-bond acceptors (Lipinski definition) is 3. The second-order valence-corrected chi connectivity index (χ2v) is 9.35. The van der Waals surface area contributed by atoms with Crippen LogP contribution >= 0.6 is 11.6 Å². The summed E-state index contributed by atoms with van der Waals surface area (Å²) in [4.78, 5) is 12.7. The molecular weight excluding hydrogens is 360 g/mol. The number of hydrogen-bond donors (Lipinski definition) is 1. The zero-order valence-corrected chi connectivity index (χ0v) is 15.9. The first-order valence-electron chi connectivity index (χ1n) is 9.03. The molecule has 1 N–H and O–H groups in total. The first-order chi connectivity index (χ1) is 12.0. The number of halogens is 1. The van der Waals surface area contributed by atoms with Gasteiger partial charge in [-0.3, -0.25) is 4.79 Å². The van der Waals surface area contributed by atoms with E-state index in [9.17, 15) is 13.2 Å². The molecule has 138 valence electrons. The quantitative estimate of drug-likeness (QED) is 0.866. The van der Waals surface area contributed by atoms with E-state index in [1.165, 1.54) is 35.7 Å². The van der Waals surface area contributed by atoms with Crippen LogP contribution in [0.4, 0.5) is 0 Å². The highest BCUT2D eigenvalue weighted by atomic mass is 35.5. The molecule has 0 unspecified atom stereocenters. The SMILES string of the molecule is O=C(NC1CCCCC1)C1CCN(S(=O)(=O)c2ccc(Cl)cc2)CC1. The van der Waals surface area contributed by atoms with Crippen molar-refractivity contribution in [1.29, 1.82) is 0 Å². The smallest absolute Gasteiger partial charge is 0.243 e. The zero-order chi connectivity index (χ0) is 17.9. The van der Waals surface area contributed by atoms with Crippen molar-refractivity contribution in [2.45, 2.75) is 55.9 Å². The lowest BCUT2D eigenvalue weighted by Crippen LogP contribution is -2.45. The van der Waals surface area contributed by atoms with Gasteiger partial charge in [0.05, 0.1) is 4.90 Å². The van der Waals surface area contributed by atoms with Crippen LogP contribution in [0, 0.1) is 5.92 Å². The summed E-state index contributed by atoms with van der Waals surface area (Å²) in [5.41, 5.74) is 0. The Morgan fingerprint density at radius 2 is 1.60 bits per heavy atom. The first kappa shape index (κ1) is 18.7. The molecule has 1 saturated carbocycles. The predicted molar refractivity (Wildman–Crippen MR) is 98.0 cm³/mol. The second-order valence-electron chi connectivity index (χ2n) is 6.98. The molecule has 2 fully saturated rings. The molecule has 1 amide bonds. The fraction of sp³-hybridized carbons (Fsp3) is 0.611. The van der Waals surface area contributed by atoms with E-state index >= 15 is 0 Å². The average Bonchev–Trinajstić information content (AvgIpc) is 2.63. The standard InChI is InChI=1S/C18H25ClN2O3S/c19-15-6-8-17(9-7-15)25(23,24)21-12-10-14(11-13-21)18(22)20-16-4-2-1-3-5-16/h6-9,14,16H,1-5,10-13H2,(H,20,22). The van der Waals surface area contributed by atoms with Crippen LogP contribution in [0.25, 0.3) is 0 Å². The molecule has 1 aliphatic carbocycles. The number of nitrogens with zero attached hydrogens (tertiary/aromatic N) is 1. The molecular formula is C18H25ClN2O3S. The van der Waals surface area contributed by atoms with Gasteiger partial charge in [-0.1, -0.05) is 30.9 Å². The maximum absolute atomic E-state index is 12.7. The fourth-order valence-electron chi connectivity index (χ4n) is 3.68. The van der Waals surface area contributed by atoms with E-state index in [-0.39, 0.29) is 16.7 Å². The number of amides is 1. The van der Waals surface area contributed by atoms with Crippen molar-refractivity contribution in [2.24, 2.45) is 5.92 Å². The highest BCUT2D eigenvalue weighted by Crippen LogP contribution is 2.25. The van der Waals surface area contributed by atoms with Crippen molar-refractivity contribution in [2.75, 3.05) is 13.1 Å². The van der Waals surface area contributed by atoms with Crippen LogP contribution in [0.2, 0.25) is 5.02 Å². The summed E-state index contributed by atoms with van der Waals surface area (Å²) in [6.45, 7) is 0.765. The monoisotopic (exact) mass is 384 g/mol. The highest BCUT2D eigenvalue weighted by molar-refractivity contribution is 7.89. The summed E-state index contributed by atoms with van der Waals surface area (Å²) in [5.74, 6) is 0.00837. The molecule has 25 heavy (non-hydrogen) atoms. The molecule has 7 heteroatoms. The minimum absolute atomic E-state index is 0.0846. The molecule has 3 rings (SSSR count). The first-order valence-corrected chi connectivity index (χ1v) is 10.8.